The van der Waals surface area contributed by atoms with Crippen molar-refractivity contribution >= 4 is 17.3 Å². The van der Waals surface area contributed by atoms with E-state index in [1.165, 1.54) is 16.7 Å². The zero-order valence-corrected chi connectivity index (χ0v) is 7.39. The maximum absolute atomic E-state index is 10.6. The number of nitrogens with zero attached hydrogens (tertiary/aromatic N) is 1. The summed E-state index contributed by atoms with van der Waals surface area (Å²) in [7, 11) is 0. The van der Waals surface area contributed by atoms with Gasteiger partial charge in [-0.05, 0) is 0 Å². The number of hydrogen-bond donors (Lipinski definition) is 1. The van der Waals surface area contributed by atoms with Crippen molar-refractivity contribution in [2.45, 2.75) is 6.42 Å². The van der Waals surface area contributed by atoms with E-state index in [-0.39, 0.29) is 12.0 Å². The van der Waals surface area contributed by atoms with Crippen molar-refractivity contribution < 1.29 is 9.90 Å². The molecular formula is C9H5NO2S. The Morgan fingerprint density at radius 2 is 2.38 bits per heavy atom. The summed E-state index contributed by atoms with van der Waals surface area (Å²) in [6, 6.07) is 1.86. The van der Waals surface area contributed by atoms with Gasteiger partial charge < -0.3 is 5.11 Å². The highest BCUT2D eigenvalue weighted by Crippen LogP contribution is 2.13. The number of thiophene rings is 1. The molecule has 0 aromatic carbocycles. The second-order valence-corrected chi connectivity index (χ2v) is 2.88. The zero-order chi connectivity index (χ0) is 9.68. The van der Waals surface area contributed by atoms with E-state index in [9.17, 15) is 4.79 Å². The molecule has 0 aliphatic rings. The summed E-state index contributed by atoms with van der Waals surface area (Å²) in [5.41, 5.74) is 0.684. The maximum atomic E-state index is 10.6. The third kappa shape index (κ3) is 2.33. The molecule has 0 saturated carbocycles. The Hall–Kier alpha value is -1.78. The van der Waals surface area contributed by atoms with Crippen LogP contribution in [0, 0.1) is 23.2 Å². The van der Waals surface area contributed by atoms with Crippen molar-refractivity contribution in [1.82, 2.24) is 0 Å². The van der Waals surface area contributed by atoms with Gasteiger partial charge in [-0.2, -0.15) is 16.6 Å². The molecule has 0 aliphatic carbocycles. The number of carboxylic acid groups (broad SMARTS) is 1. The summed E-state index contributed by atoms with van der Waals surface area (Å²) in [5.74, 6) is 4.21. The molecule has 0 unspecified atom stereocenters. The molecule has 1 N–H and O–H groups in total. The van der Waals surface area contributed by atoms with Crippen molar-refractivity contribution in [2.24, 2.45) is 0 Å². The lowest BCUT2D eigenvalue weighted by Crippen LogP contribution is -1.95. The predicted molar refractivity (Wildman–Crippen MR) is 48.4 cm³/mol. The molecule has 0 bridgehead atoms. The largest absolute Gasteiger partial charge is 0.478 e. The third-order valence-corrected chi connectivity index (χ3v) is 2.03. The molecule has 1 aromatic rings. The number of carbonyl (C=O) groups is 1. The second-order valence-electron chi connectivity index (χ2n) is 2.14. The van der Waals surface area contributed by atoms with Gasteiger partial charge in [0.25, 0.3) is 0 Å². The van der Waals surface area contributed by atoms with E-state index >= 15 is 0 Å². The lowest BCUT2D eigenvalue weighted by Gasteiger charge is -1.87. The normalized spacial score (nSPS) is 8.23. The quantitative estimate of drug-likeness (QED) is 0.687. The Labute approximate surface area is 79.2 Å². The van der Waals surface area contributed by atoms with Gasteiger partial charge in [0.1, 0.15) is 0 Å². The Balaban J connectivity index is 2.92. The van der Waals surface area contributed by atoms with Crippen LogP contribution in [0.4, 0.5) is 0 Å². The Bertz CT molecular complexity index is 417. The molecule has 3 nitrogen and oxygen atoms in total. The number of hydrogen-bond acceptors (Lipinski definition) is 3. The van der Waals surface area contributed by atoms with E-state index < -0.39 is 5.97 Å². The lowest BCUT2D eigenvalue weighted by molar-refractivity contribution is 0.0697. The monoisotopic (exact) mass is 191 g/mol. The second kappa shape index (κ2) is 4.30. The highest BCUT2D eigenvalue weighted by atomic mass is 32.1. The van der Waals surface area contributed by atoms with E-state index in [1.54, 1.807) is 5.38 Å². The van der Waals surface area contributed by atoms with Crippen LogP contribution in [0.15, 0.2) is 10.8 Å². The first-order chi connectivity index (χ1) is 6.25. The van der Waals surface area contributed by atoms with Crippen LogP contribution in [-0.4, -0.2) is 11.1 Å². The van der Waals surface area contributed by atoms with E-state index in [1.807, 2.05) is 6.07 Å². The van der Waals surface area contributed by atoms with Gasteiger partial charge in [0.2, 0.25) is 0 Å². The minimum absolute atomic E-state index is 0.120. The molecule has 1 heterocycles. The predicted octanol–water partition coefficient (Wildman–Crippen LogP) is 1.71. The molecule has 0 saturated heterocycles. The van der Waals surface area contributed by atoms with Crippen molar-refractivity contribution in [2.75, 3.05) is 0 Å². The smallest absolute Gasteiger partial charge is 0.337 e. The van der Waals surface area contributed by atoms with Crippen LogP contribution in [0.25, 0.3) is 0 Å². The van der Waals surface area contributed by atoms with Crippen molar-refractivity contribution in [3.63, 3.8) is 0 Å². The van der Waals surface area contributed by atoms with Gasteiger partial charge in [-0.15, -0.1) is 0 Å². The summed E-state index contributed by atoms with van der Waals surface area (Å²) in [6.45, 7) is 0. The average molecular weight is 191 g/mol. The fourth-order valence-electron chi connectivity index (χ4n) is 0.738. The Morgan fingerprint density at radius 1 is 1.62 bits per heavy atom. The summed E-state index contributed by atoms with van der Waals surface area (Å²) in [6.07, 6.45) is 0.120. The molecule has 0 radical (unpaired) electrons. The summed E-state index contributed by atoms with van der Waals surface area (Å²) < 4.78 is 0. The topological polar surface area (TPSA) is 61.1 Å². The van der Waals surface area contributed by atoms with Crippen molar-refractivity contribution in [3.05, 3.63) is 21.9 Å². The standard InChI is InChI=1S/C9H5NO2S/c10-4-2-1-3-7-5-13-6-8(7)9(11)12/h5-6H,2H2,(H,11,12). The molecular weight excluding hydrogens is 186 g/mol. The lowest BCUT2D eigenvalue weighted by atomic mass is 10.2. The van der Waals surface area contributed by atoms with Crippen LogP contribution in [0.2, 0.25) is 0 Å². The highest BCUT2D eigenvalue weighted by Gasteiger charge is 2.08. The van der Waals surface area contributed by atoms with Gasteiger partial charge in [0, 0.05) is 16.3 Å². The minimum Gasteiger partial charge on any atom is -0.478 e. The molecule has 0 aliphatic heterocycles. The van der Waals surface area contributed by atoms with Gasteiger partial charge in [-0.1, -0.05) is 11.8 Å². The first-order valence-electron chi connectivity index (χ1n) is 3.41. The van der Waals surface area contributed by atoms with E-state index in [0.29, 0.717) is 5.56 Å². The average Bonchev–Trinajstić information content (AvgIpc) is 2.53. The number of rotatable bonds is 1. The molecule has 1 rings (SSSR count). The molecule has 0 atom stereocenters. The van der Waals surface area contributed by atoms with Crippen molar-refractivity contribution in [3.8, 4) is 17.9 Å². The minimum atomic E-state index is -0.984. The Morgan fingerprint density at radius 3 is 3.00 bits per heavy atom. The van der Waals surface area contributed by atoms with Crippen LogP contribution in [0.1, 0.15) is 22.3 Å². The highest BCUT2D eigenvalue weighted by molar-refractivity contribution is 7.08. The van der Waals surface area contributed by atoms with Gasteiger partial charge in [-0.25, -0.2) is 4.79 Å². The maximum Gasteiger partial charge on any atom is 0.337 e. The van der Waals surface area contributed by atoms with Crippen molar-refractivity contribution in [1.29, 1.82) is 5.26 Å². The number of aromatic carboxylic acids is 1. The van der Waals surface area contributed by atoms with Gasteiger partial charge in [0.15, 0.2) is 0 Å². The third-order valence-electron chi connectivity index (χ3n) is 1.28. The van der Waals surface area contributed by atoms with Crippen LogP contribution in [-0.2, 0) is 0 Å². The molecule has 4 heteroatoms. The molecule has 64 valence electrons. The molecule has 0 fully saturated rings. The summed E-state index contributed by atoms with van der Waals surface area (Å²) in [5, 5.41) is 20.1. The fourth-order valence-corrected chi connectivity index (χ4v) is 1.49. The molecule has 1 aromatic heterocycles. The first-order valence-corrected chi connectivity index (χ1v) is 4.35. The Kier molecular flexibility index (Phi) is 3.08. The number of carboxylic acids is 1. The van der Waals surface area contributed by atoms with Crippen LogP contribution in [0.3, 0.4) is 0 Å². The van der Waals surface area contributed by atoms with Crippen LogP contribution < -0.4 is 0 Å². The van der Waals surface area contributed by atoms with E-state index in [0.717, 1.165) is 0 Å². The summed E-state index contributed by atoms with van der Waals surface area (Å²) >= 11 is 1.29. The zero-order valence-electron chi connectivity index (χ0n) is 6.57. The fraction of sp³-hybridized carbons (Fsp3) is 0.111. The number of nitriles is 1. The van der Waals surface area contributed by atoms with E-state index in [4.69, 9.17) is 10.4 Å². The van der Waals surface area contributed by atoms with Crippen LogP contribution in [0.5, 0.6) is 0 Å². The van der Waals surface area contributed by atoms with Gasteiger partial charge >= 0.3 is 5.97 Å². The van der Waals surface area contributed by atoms with Gasteiger partial charge in [0.05, 0.1) is 18.1 Å². The molecule has 0 amide bonds. The SMILES string of the molecule is N#CCC#Cc1cscc1C(=O)O. The van der Waals surface area contributed by atoms with Gasteiger partial charge in [-0.3, -0.25) is 0 Å². The molecule has 0 spiro atoms. The van der Waals surface area contributed by atoms with E-state index in [2.05, 4.69) is 11.8 Å². The first kappa shape index (κ1) is 9.31. The van der Waals surface area contributed by atoms with Crippen LogP contribution >= 0.6 is 11.3 Å². The molecule has 13 heavy (non-hydrogen) atoms. The summed E-state index contributed by atoms with van der Waals surface area (Å²) in [4.78, 5) is 10.6.